The van der Waals surface area contributed by atoms with Crippen molar-refractivity contribution < 1.29 is 34.4 Å². The van der Waals surface area contributed by atoms with Crippen LogP contribution in [-0.4, -0.2) is 104 Å². The summed E-state index contributed by atoms with van der Waals surface area (Å²) in [6.45, 7) is 3.09. The van der Waals surface area contributed by atoms with Gasteiger partial charge in [0.25, 0.3) is 0 Å². The fraction of sp³-hybridized carbons (Fsp3) is 0.688. The number of fused-ring (bicyclic) bond motifs is 1. The third-order valence-corrected chi connectivity index (χ3v) is 5.30. The minimum Gasteiger partial charge on any atom is -0.394 e. The fourth-order valence-corrected chi connectivity index (χ4v) is 3.89. The minimum atomic E-state index is -1.79. The van der Waals surface area contributed by atoms with Crippen molar-refractivity contribution in [3.63, 3.8) is 0 Å². The molecule has 0 aromatic rings. The molecule has 0 aromatic carbocycles. The number of Topliss-reactive ketones (excluding diaryl/α,β-unsaturated/α-hetero) is 2. The van der Waals surface area contributed by atoms with Crippen molar-refractivity contribution in [1.29, 1.82) is 0 Å². The van der Waals surface area contributed by atoms with E-state index in [1.54, 1.807) is 0 Å². The summed E-state index contributed by atoms with van der Waals surface area (Å²) < 4.78 is 5.52. The third-order valence-electron chi connectivity index (χ3n) is 5.30. The van der Waals surface area contributed by atoms with E-state index in [0.717, 1.165) is 4.90 Å². The summed E-state index contributed by atoms with van der Waals surface area (Å²) in [6, 6.07) is 0. The normalized spacial score (nSPS) is 39.7. The molecule has 7 atom stereocenters. The molecule has 1 fully saturated rings. The van der Waals surface area contributed by atoms with Gasteiger partial charge in [0.15, 0.2) is 24.0 Å². The largest absolute Gasteiger partial charge is 0.394 e. The zero-order valence-corrected chi connectivity index (χ0v) is 15.6. The van der Waals surface area contributed by atoms with Gasteiger partial charge in [-0.2, -0.15) is 0 Å². The Morgan fingerprint density at radius 2 is 1.89 bits per heavy atom. The Bertz CT molecular complexity index is 770. The summed E-state index contributed by atoms with van der Waals surface area (Å²) in [5, 5.41) is 29.8. The van der Waals surface area contributed by atoms with E-state index in [4.69, 9.17) is 10.5 Å². The average Bonchev–Trinajstić information content (AvgIpc) is 3.14. The zero-order valence-electron chi connectivity index (χ0n) is 15.6. The van der Waals surface area contributed by atoms with Crippen LogP contribution in [0.2, 0.25) is 0 Å². The Labute approximate surface area is 160 Å². The number of aliphatic hydroxyl groups is 3. The van der Waals surface area contributed by atoms with Crippen molar-refractivity contribution in [3.8, 4) is 0 Å². The Balaban J connectivity index is 2.13. The summed E-state index contributed by atoms with van der Waals surface area (Å²) in [7, 11) is 0. The molecule has 0 bridgehead atoms. The van der Waals surface area contributed by atoms with E-state index in [2.05, 4.69) is 9.98 Å². The number of hydrogen-bond acceptors (Lipinski definition) is 11. The second kappa shape index (κ2) is 6.88. The molecule has 0 aliphatic carbocycles. The summed E-state index contributed by atoms with van der Waals surface area (Å²) in [5.74, 6) is -1.83. The molecule has 5 N–H and O–H groups in total. The van der Waals surface area contributed by atoms with E-state index < -0.39 is 66.5 Å². The molecule has 3 aliphatic rings. The van der Waals surface area contributed by atoms with Crippen LogP contribution < -0.4 is 5.73 Å². The molecule has 0 saturated carbocycles. The standard InChI is InChI=1S/C16H23N5O7/c1-6(23)12-19-14(17)16(7(2)24)15(21(12)8(3)25)20(5-18-16)13-11(27)10(26)9(4-22)28-13/h5,9-13,15,22,26-27H,4H2,1-3H3,(H2,17,19)/t9-,10-,11-,12+,13-,15+,16-/m1/s1. The van der Waals surface area contributed by atoms with Gasteiger partial charge in [-0.15, -0.1) is 0 Å². The van der Waals surface area contributed by atoms with Gasteiger partial charge >= 0.3 is 0 Å². The molecule has 28 heavy (non-hydrogen) atoms. The zero-order chi connectivity index (χ0) is 21.0. The van der Waals surface area contributed by atoms with Gasteiger partial charge in [-0.3, -0.25) is 19.3 Å². The molecule has 0 spiro atoms. The van der Waals surface area contributed by atoms with Crippen molar-refractivity contribution in [1.82, 2.24) is 9.80 Å². The number of ether oxygens (including phenoxy) is 1. The summed E-state index contributed by atoms with van der Waals surface area (Å²) in [4.78, 5) is 47.7. The lowest BCUT2D eigenvalue weighted by atomic mass is 9.86. The first-order valence-corrected chi connectivity index (χ1v) is 8.67. The molecule has 3 rings (SSSR count). The number of rotatable bonds is 4. The Hall–Kier alpha value is -2.41. The topological polar surface area (TPSA) is 178 Å². The first-order chi connectivity index (χ1) is 13.1. The van der Waals surface area contributed by atoms with E-state index in [9.17, 15) is 29.7 Å². The maximum atomic E-state index is 12.6. The number of aliphatic imine (C=N–C) groups is 2. The molecule has 1 saturated heterocycles. The highest BCUT2D eigenvalue weighted by atomic mass is 16.6. The van der Waals surface area contributed by atoms with Crippen LogP contribution in [0, 0.1) is 0 Å². The van der Waals surface area contributed by atoms with Crippen molar-refractivity contribution in [2.24, 2.45) is 15.7 Å². The maximum Gasteiger partial charge on any atom is 0.223 e. The number of amides is 1. The molecule has 3 heterocycles. The molecule has 3 aliphatic heterocycles. The van der Waals surface area contributed by atoms with Gasteiger partial charge < -0.3 is 30.7 Å². The van der Waals surface area contributed by atoms with E-state index in [0.29, 0.717) is 0 Å². The summed E-state index contributed by atoms with van der Waals surface area (Å²) in [6.07, 6.45) is -6.55. The number of carbonyl (C=O) groups excluding carboxylic acids is 3. The molecule has 1 amide bonds. The smallest absolute Gasteiger partial charge is 0.223 e. The second-order valence-electron chi connectivity index (χ2n) is 7.04. The van der Waals surface area contributed by atoms with Crippen molar-refractivity contribution >= 4 is 29.6 Å². The summed E-state index contributed by atoms with van der Waals surface area (Å²) >= 11 is 0. The average molecular weight is 397 g/mol. The Morgan fingerprint density at radius 3 is 2.36 bits per heavy atom. The van der Waals surface area contributed by atoms with E-state index in [-0.39, 0.29) is 5.84 Å². The van der Waals surface area contributed by atoms with Gasteiger partial charge in [-0.05, 0) is 13.8 Å². The van der Waals surface area contributed by atoms with Gasteiger partial charge in [0.1, 0.15) is 30.3 Å². The highest BCUT2D eigenvalue weighted by molar-refractivity contribution is 6.16. The van der Waals surface area contributed by atoms with Gasteiger partial charge in [0, 0.05) is 6.92 Å². The lowest BCUT2D eigenvalue weighted by molar-refractivity contribution is -0.156. The second-order valence-corrected chi connectivity index (χ2v) is 7.04. The monoisotopic (exact) mass is 397 g/mol. The van der Waals surface area contributed by atoms with Crippen LogP contribution in [0.25, 0.3) is 0 Å². The van der Waals surface area contributed by atoms with Crippen molar-refractivity contribution in [3.05, 3.63) is 0 Å². The number of amidine groups is 1. The molecular weight excluding hydrogens is 374 g/mol. The molecule has 12 heteroatoms. The molecular formula is C16H23N5O7. The lowest BCUT2D eigenvalue weighted by Gasteiger charge is -2.48. The van der Waals surface area contributed by atoms with Crippen LogP contribution in [0.15, 0.2) is 9.98 Å². The number of nitrogens with zero attached hydrogens (tertiary/aromatic N) is 4. The first-order valence-electron chi connectivity index (χ1n) is 8.67. The molecule has 12 nitrogen and oxygen atoms in total. The highest BCUT2D eigenvalue weighted by Crippen LogP contribution is 2.39. The predicted octanol–water partition coefficient (Wildman–Crippen LogP) is -3.44. The van der Waals surface area contributed by atoms with Crippen LogP contribution >= 0.6 is 0 Å². The third kappa shape index (κ3) is 2.64. The van der Waals surface area contributed by atoms with E-state index in [1.165, 1.54) is 32.0 Å². The molecule has 154 valence electrons. The van der Waals surface area contributed by atoms with Crippen molar-refractivity contribution in [2.75, 3.05) is 6.61 Å². The van der Waals surface area contributed by atoms with Crippen LogP contribution in [-0.2, 0) is 19.1 Å². The van der Waals surface area contributed by atoms with Gasteiger partial charge in [0.2, 0.25) is 11.4 Å². The first kappa shape index (κ1) is 20.3. The predicted molar refractivity (Wildman–Crippen MR) is 93.9 cm³/mol. The Morgan fingerprint density at radius 1 is 1.25 bits per heavy atom. The summed E-state index contributed by atoms with van der Waals surface area (Å²) in [5.41, 5.74) is 4.24. The van der Waals surface area contributed by atoms with Crippen LogP contribution in [0.3, 0.4) is 0 Å². The van der Waals surface area contributed by atoms with Crippen molar-refractivity contribution in [2.45, 2.75) is 63.2 Å². The number of carbonyl (C=O) groups is 3. The Kier molecular flexibility index (Phi) is 5.00. The number of nitrogens with two attached hydrogens (primary N) is 1. The van der Waals surface area contributed by atoms with Crippen LogP contribution in [0.5, 0.6) is 0 Å². The van der Waals surface area contributed by atoms with Crippen LogP contribution in [0.1, 0.15) is 20.8 Å². The maximum absolute atomic E-state index is 12.6. The lowest BCUT2D eigenvalue weighted by Crippen LogP contribution is -2.73. The number of ketones is 2. The molecule has 0 unspecified atom stereocenters. The van der Waals surface area contributed by atoms with Gasteiger partial charge in [0.05, 0.1) is 12.9 Å². The van der Waals surface area contributed by atoms with Gasteiger partial charge in [-0.1, -0.05) is 0 Å². The minimum absolute atomic E-state index is 0.242. The fourth-order valence-electron chi connectivity index (χ4n) is 3.89. The quantitative estimate of drug-likeness (QED) is 0.375. The van der Waals surface area contributed by atoms with Crippen LogP contribution in [0.4, 0.5) is 0 Å². The SMILES string of the molecule is CC(=O)[C@H]1N=C(N)[C@@]2(C(C)=O)N=CN([C@@H]3O[C@H](CO)[C@@H](O)[C@H]3O)[C@H]2N1C(C)=O. The van der Waals surface area contributed by atoms with Gasteiger partial charge in [-0.25, -0.2) is 9.98 Å². The highest BCUT2D eigenvalue weighted by Gasteiger charge is 2.63. The number of hydrogen-bond donors (Lipinski definition) is 4. The van der Waals surface area contributed by atoms with E-state index >= 15 is 0 Å². The number of aliphatic hydroxyl groups excluding tert-OH is 3. The molecule has 0 aromatic heterocycles. The van der Waals surface area contributed by atoms with E-state index in [1.807, 2.05) is 0 Å². The molecule has 0 radical (unpaired) electrons.